The summed E-state index contributed by atoms with van der Waals surface area (Å²) in [5.41, 5.74) is 3.67. The molecule has 1 fully saturated rings. The molecule has 3 rings (SSSR count). The van der Waals surface area contributed by atoms with E-state index in [1.165, 1.54) is 0 Å². The van der Waals surface area contributed by atoms with Crippen molar-refractivity contribution in [3.05, 3.63) is 76.4 Å². The second kappa shape index (κ2) is 7.16. The number of amides is 1. The third kappa shape index (κ3) is 3.03. The van der Waals surface area contributed by atoms with Gasteiger partial charge in [0.05, 0.1) is 11.6 Å². The normalized spacial score (nSPS) is 19.2. The molecule has 1 aliphatic heterocycles. The van der Waals surface area contributed by atoms with Crippen LogP contribution >= 0.6 is 0 Å². The fourth-order valence-corrected chi connectivity index (χ4v) is 3.38. The van der Waals surface area contributed by atoms with E-state index in [1.807, 2.05) is 63.2 Å². The molecule has 1 amide bonds. The van der Waals surface area contributed by atoms with Crippen LogP contribution in [0.5, 0.6) is 0 Å². The molecule has 1 N–H and O–H groups in total. The van der Waals surface area contributed by atoms with Gasteiger partial charge in [-0.3, -0.25) is 9.59 Å². The van der Waals surface area contributed by atoms with E-state index < -0.39 is 17.7 Å². The van der Waals surface area contributed by atoms with Gasteiger partial charge in [0.1, 0.15) is 5.76 Å². The van der Waals surface area contributed by atoms with Gasteiger partial charge in [0.15, 0.2) is 0 Å². The maximum absolute atomic E-state index is 12.7. The Balaban J connectivity index is 2.19. The summed E-state index contributed by atoms with van der Waals surface area (Å²) in [5.74, 6) is -1.28. The number of benzene rings is 2. The first kappa shape index (κ1) is 17.9. The second-order valence-electron chi connectivity index (χ2n) is 6.70. The molecule has 0 aliphatic carbocycles. The van der Waals surface area contributed by atoms with Crippen LogP contribution in [0.3, 0.4) is 0 Å². The van der Waals surface area contributed by atoms with E-state index in [2.05, 4.69) is 0 Å². The van der Waals surface area contributed by atoms with Gasteiger partial charge in [-0.15, -0.1) is 0 Å². The van der Waals surface area contributed by atoms with Crippen LogP contribution < -0.4 is 0 Å². The summed E-state index contributed by atoms with van der Waals surface area (Å²) >= 11 is 0. The largest absolute Gasteiger partial charge is 0.507 e. The van der Waals surface area contributed by atoms with E-state index in [4.69, 9.17) is 0 Å². The number of carbonyl (C=O) groups is 2. The molecule has 1 heterocycles. The van der Waals surface area contributed by atoms with Crippen LogP contribution in [0.1, 0.15) is 41.6 Å². The monoisotopic (exact) mass is 349 g/mol. The first-order chi connectivity index (χ1) is 12.5. The molecule has 4 heteroatoms. The lowest BCUT2D eigenvalue weighted by molar-refractivity contribution is -0.139. The molecule has 1 saturated heterocycles. The molecule has 0 bridgehead atoms. The van der Waals surface area contributed by atoms with Gasteiger partial charge in [-0.2, -0.15) is 0 Å². The Kier molecular flexibility index (Phi) is 4.94. The highest BCUT2D eigenvalue weighted by molar-refractivity contribution is 6.46. The predicted octanol–water partition coefficient (Wildman–Crippen LogP) is 4.14. The zero-order valence-corrected chi connectivity index (χ0v) is 15.3. The topological polar surface area (TPSA) is 57.6 Å². The third-order valence-electron chi connectivity index (χ3n) is 4.90. The standard InChI is InChI=1S/C22H23NO3/c1-4-12-23-19(16-8-6-5-7-9-16)18(21(25)22(23)26)20(24)17-11-10-14(2)15(3)13-17/h5-11,13,19,24H,4,12H2,1-3H3/b20-18-. The van der Waals surface area contributed by atoms with Gasteiger partial charge in [-0.1, -0.05) is 49.4 Å². The molecule has 0 saturated carbocycles. The van der Waals surface area contributed by atoms with E-state index in [0.29, 0.717) is 12.1 Å². The van der Waals surface area contributed by atoms with Crippen LogP contribution in [-0.2, 0) is 9.59 Å². The van der Waals surface area contributed by atoms with Gasteiger partial charge in [-0.25, -0.2) is 0 Å². The number of likely N-dealkylation sites (tertiary alicyclic amines) is 1. The zero-order valence-electron chi connectivity index (χ0n) is 15.3. The van der Waals surface area contributed by atoms with Crippen LogP contribution in [0.15, 0.2) is 54.1 Å². The summed E-state index contributed by atoms with van der Waals surface area (Å²) in [6.07, 6.45) is 0.736. The Morgan fingerprint density at radius 1 is 1.04 bits per heavy atom. The van der Waals surface area contributed by atoms with Crippen molar-refractivity contribution in [3.63, 3.8) is 0 Å². The Bertz CT molecular complexity index is 884. The van der Waals surface area contributed by atoms with Crippen molar-refractivity contribution >= 4 is 17.4 Å². The van der Waals surface area contributed by atoms with Gasteiger partial charge in [0.25, 0.3) is 11.7 Å². The second-order valence-corrected chi connectivity index (χ2v) is 6.70. The summed E-state index contributed by atoms with van der Waals surface area (Å²) in [7, 11) is 0. The minimum atomic E-state index is -0.622. The summed E-state index contributed by atoms with van der Waals surface area (Å²) in [6.45, 7) is 6.37. The van der Waals surface area contributed by atoms with Crippen LogP contribution in [0, 0.1) is 13.8 Å². The van der Waals surface area contributed by atoms with E-state index in [-0.39, 0.29) is 11.3 Å². The fourth-order valence-electron chi connectivity index (χ4n) is 3.38. The maximum atomic E-state index is 12.7. The summed E-state index contributed by atoms with van der Waals surface area (Å²) in [4.78, 5) is 26.9. The Labute approximate surface area is 153 Å². The Hall–Kier alpha value is -2.88. The first-order valence-corrected chi connectivity index (χ1v) is 8.86. The maximum Gasteiger partial charge on any atom is 0.295 e. The molecule has 4 nitrogen and oxygen atoms in total. The molecule has 26 heavy (non-hydrogen) atoms. The SMILES string of the molecule is CCCN1C(=O)C(=O)/C(=C(\O)c2ccc(C)c(C)c2)C1c1ccccc1. The van der Waals surface area contributed by atoms with Crippen molar-refractivity contribution in [2.24, 2.45) is 0 Å². The van der Waals surface area contributed by atoms with E-state index >= 15 is 0 Å². The minimum Gasteiger partial charge on any atom is -0.507 e. The molecule has 2 aromatic carbocycles. The number of aliphatic hydroxyl groups is 1. The highest BCUT2D eigenvalue weighted by Gasteiger charge is 2.45. The van der Waals surface area contributed by atoms with Gasteiger partial charge in [0, 0.05) is 12.1 Å². The first-order valence-electron chi connectivity index (χ1n) is 8.86. The highest BCUT2D eigenvalue weighted by Crippen LogP contribution is 2.39. The Morgan fingerprint density at radius 3 is 2.35 bits per heavy atom. The van der Waals surface area contributed by atoms with E-state index in [9.17, 15) is 14.7 Å². The molecule has 134 valence electrons. The van der Waals surface area contributed by atoms with Crippen molar-refractivity contribution in [2.45, 2.75) is 33.2 Å². The zero-order chi connectivity index (χ0) is 18.8. The van der Waals surface area contributed by atoms with Crippen LogP contribution in [-0.4, -0.2) is 28.2 Å². The van der Waals surface area contributed by atoms with Gasteiger partial charge in [0.2, 0.25) is 0 Å². The van der Waals surface area contributed by atoms with Crippen molar-refractivity contribution in [1.82, 2.24) is 4.90 Å². The number of carbonyl (C=O) groups excluding carboxylic acids is 2. The summed E-state index contributed by atoms with van der Waals surface area (Å²) < 4.78 is 0. The molecule has 1 unspecified atom stereocenters. The van der Waals surface area contributed by atoms with Crippen molar-refractivity contribution in [3.8, 4) is 0 Å². The van der Waals surface area contributed by atoms with Crippen LogP contribution in [0.2, 0.25) is 0 Å². The molecule has 1 aliphatic rings. The van der Waals surface area contributed by atoms with Gasteiger partial charge < -0.3 is 10.0 Å². The molecule has 0 aromatic heterocycles. The molecule has 1 atom stereocenters. The number of hydrogen-bond donors (Lipinski definition) is 1. The van der Waals surface area contributed by atoms with Crippen molar-refractivity contribution in [2.75, 3.05) is 6.54 Å². The molecular formula is C22H23NO3. The molecule has 2 aromatic rings. The third-order valence-corrected chi connectivity index (χ3v) is 4.90. The molecular weight excluding hydrogens is 326 g/mol. The number of Topliss-reactive ketones (excluding diaryl/α,β-unsaturated/α-hetero) is 1. The van der Waals surface area contributed by atoms with Crippen LogP contribution in [0.4, 0.5) is 0 Å². The van der Waals surface area contributed by atoms with Gasteiger partial charge >= 0.3 is 0 Å². The average Bonchev–Trinajstić information content (AvgIpc) is 2.89. The lowest BCUT2D eigenvalue weighted by Crippen LogP contribution is -2.30. The fraction of sp³-hybridized carbons (Fsp3) is 0.273. The smallest absolute Gasteiger partial charge is 0.295 e. The quantitative estimate of drug-likeness (QED) is 0.513. The van der Waals surface area contributed by atoms with E-state index in [0.717, 1.165) is 23.1 Å². The number of hydrogen-bond acceptors (Lipinski definition) is 3. The number of aliphatic hydroxyl groups excluding tert-OH is 1. The predicted molar refractivity (Wildman–Crippen MR) is 102 cm³/mol. The summed E-state index contributed by atoms with van der Waals surface area (Å²) in [5, 5.41) is 10.9. The van der Waals surface area contributed by atoms with E-state index in [1.54, 1.807) is 11.0 Å². The lowest BCUT2D eigenvalue weighted by Gasteiger charge is -2.24. The summed E-state index contributed by atoms with van der Waals surface area (Å²) in [6, 6.07) is 14.4. The number of nitrogens with zero attached hydrogens (tertiary/aromatic N) is 1. The van der Waals surface area contributed by atoms with Crippen molar-refractivity contribution < 1.29 is 14.7 Å². The minimum absolute atomic E-state index is 0.112. The molecule has 0 spiro atoms. The molecule has 0 radical (unpaired) electrons. The average molecular weight is 349 g/mol. The number of aryl methyl sites for hydroxylation is 2. The number of ketones is 1. The highest BCUT2D eigenvalue weighted by atomic mass is 16.3. The Morgan fingerprint density at radius 2 is 1.73 bits per heavy atom. The van der Waals surface area contributed by atoms with Gasteiger partial charge in [-0.05, 0) is 43.0 Å². The van der Waals surface area contributed by atoms with Crippen LogP contribution in [0.25, 0.3) is 5.76 Å². The number of rotatable bonds is 4. The lowest BCUT2D eigenvalue weighted by atomic mass is 9.94. The van der Waals surface area contributed by atoms with Crippen molar-refractivity contribution in [1.29, 1.82) is 0 Å².